The fourth-order valence-electron chi connectivity index (χ4n) is 5.54. The predicted molar refractivity (Wildman–Crippen MR) is 157 cm³/mol. The van der Waals surface area contributed by atoms with Crippen LogP contribution in [-0.2, 0) is 9.31 Å². The van der Waals surface area contributed by atoms with Crippen molar-refractivity contribution in [3.05, 3.63) is 63.1 Å². The Morgan fingerprint density at radius 2 is 1.67 bits per heavy atom. The van der Waals surface area contributed by atoms with Gasteiger partial charge < -0.3 is 23.9 Å². The Bertz CT molecular complexity index is 1430. The molecule has 0 radical (unpaired) electrons. The van der Waals surface area contributed by atoms with Crippen LogP contribution < -0.4 is 21.1 Å². The van der Waals surface area contributed by atoms with Gasteiger partial charge in [0, 0.05) is 48.4 Å². The maximum atomic E-state index is 14.4. The van der Waals surface area contributed by atoms with Crippen molar-refractivity contribution < 1.29 is 18.1 Å². The van der Waals surface area contributed by atoms with Crippen LogP contribution in [0.1, 0.15) is 70.2 Å². The molecule has 2 aromatic carbocycles. The molecule has 2 saturated heterocycles. The first-order valence-electron chi connectivity index (χ1n) is 14.0. The first-order valence-corrected chi connectivity index (χ1v) is 14.0. The van der Waals surface area contributed by atoms with E-state index in [2.05, 4.69) is 37.9 Å². The van der Waals surface area contributed by atoms with Gasteiger partial charge in [0.2, 0.25) is 5.88 Å². The van der Waals surface area contributed by atoms with E-state index in [-0.39, 0.29) is 28.1 Å². The van der Waals surface area contributed by atoms with Crippen molar-refractivity contribution >= 4 is 35.1 Å². The summed E-state index contributed by atoms with van der Waals surface area (Å²) in [6.07, 6.45) is 2.08. The van der Waals surface area contributed by atoms with Gasteiger partial charge in [-0.1, -0.05) is 39.8 Å². The molecule has 8 heteroatoms. The van der Waals surface area contributed by atoms with Gasteiger partial charge in [0.1, 0.15) is 11.4 Å². The summed E-state index contributed by atoms with van der Waals surface area (Å²) in [5, 5.41) is 4.04. The number of anilines is 2. The number of hydrogen-bond donors (Lipinski definition) is 1. The van der Waals surface area contributed by atoms with E-state index in [1.165, 1.54) is 12.1 Å². The molecule has 0 amide bonds. The third-order valence-corrected chi connectivity index (χ3v) is 8.13. The molecular formula is C31H40BFN2O4. The Labute approximate surface area is 231 Å². The van der Waals surface area contributed by atoms with Crippen LogP contribution >= 0.6 is 0 Å². The molecule has 0 spiro atoms. The van der Waals surface area contributed by atoms with Crippen molar-refractivity contribution in [1.29, 1.82) is 0 Å². The number of nitrogens with one attached hydrogen (secondary N) is 1. The van der Waals surface area contributed by atoms with Crippen LogP contribution in [0.3, 0.4) is 0 Å². The number of piperidine rings is 1. The Kier molecular flexibility index (Phi) is 7.31. The molecule has 6 nitrogen and oxygen atoms in total. The lowest BCUT2D eigenvalue weighted by Crippen LogP contribution is -2.48. The number of aryl methyl sites for hydroxylation is 1. The second-order valence-corrected chi connectivity index (χ2v) is 13.0. The summed E-state index contributed by atoms with van der Waals surface area (Å²) in [4.78, 5) is 15.8. The molecule has 0 unspecified atom stereocenters. The van der Waals surface area contributed by atoms with Crippen LogP contribution in [0.25, 0.3) is 11.0 Å². The zero-order valence-corrected chi connectivity index (χ0v) is 24.2. The second-order valence-electron chi connectivity index (χ2n) is 13.0. The van der Waals surface area contributed by atoms with Gasteiger partial charge in [-0.3, -0.25) is 4.79 Å². The number of halogens is 1. The van der Waals surface area contributed by atoms with Gasteiger partial charge in [0.05, 0.1) is 17.0 Å². The monoisotopic (exact) mass is 534 g/mol. The number of hydrogen-bond acceptors (Lipinski definition) is 6. The normalized spacial score (nSPS) is 19.8. The van der Waals surface area contributed by atoms with E-state index >= 15 is 0 Å². The van der Waals surface area contributed by atoms with Crippen LogP contribution in [0.15, 0.2) is 39.5 Å². The van der Waals surface area contributed by atoms with Crippen LogP contribution in [0, 0.1) is 30.5 Å². The fraction of sp³-hybridized carbons (Fsp3) is 0.516. The van der Waals surface area contributed by atoms with Crippen molar-refractivity contribution in [3.63, 3.8) is 0 Å². The summed E-state index contributed by atoms with van der Waals surface area (Å²) in [5.41, 5.74) is 4.56. The average molecular weight is 534 g/mol. The summed E-state index contributed by atoms with van der Waals surface area (Å²) in [7, 11) is -0.585. The maximum absolute atomic E-state index is 14.4. The smallest absolute Gasteiger partial charge is 0.440 e. The van der Waals surface area contributed by atoms with Crippen LogP contribution in [0.5, 0.6) is 0 Å². The largest absolute Gasteiger partial charge is 0.496 e. The van der Waals surface area contributed by atoms with Crippen LogP contribution in [-0.4, -0.2) is 33.4 Å². The topological polar surface area (TPSA) is 63.9 Å². The van der Waals surface area contributed by atoms with E-state index in [0.717, 1.165) is 42.5 Å². The Hall–Kier alpha value is -2.84. The number of nitrogens with zero attached hydrogens (tertiary/aromatic N) is 1. The van der Waals surface area contributed by atoms with E-state index in [1.54, 1.807) is 6.07 Å². The first-order chi connectivity index (χ1) is 18.3. The van der Waals surface area contributed by atoms with E-state index in [9.17, 15) is 9.18 Å². The standard InChI is InChI=1S/C31H40BFN2O4/c1-19-14-23(21(3)34-26-16-22(33)8-9-25(26)32-37-17-31(6,7)18-38-32)28-24(15-19)27(36)20(2)29(39-28)35-12-10-30(4,5)11-13-35/h8-9,14-16,21,34H,10-13,17-18H2,1-7H3/t21-/m1/s1. The highest BCUT2D eigenvalue weighted by Gasteiger charge is 2.35. The quantitative estimate of drug-likeness (QED) is 0.398. The highest BCUT2D eigenvalue weighted by molar-refractivity contribution is 6.63. The molecule has 5 rings (SSSR count). The molecule has 1 aromatic heterocycles. The molecule has 0 bridgehead atoms. The van der Waals surface area contributed by atoms with Crippen molar-refractivity contribution in [1.82, 2.24) is 0 Å². The molecule has 3 aromatic rings. The van der Waals surface area contributed by atoms with Crippen molar-refractivity contribution in [2.75, 3.05) is 36.5 Å². The molecule has 1 N–H and O–H groups in total. The number of fused-ring (bicyclic) bond motifs is 1. The van der Waals surface area contributed by atoms with Crippen molar-refractivity contribution in [3.8, 4) is 0 Å². The molecule has 2 fully saturated rings. The zero-order valence-electron chi connectivity index (χ0n) is 24.2. The van der Waals surface area contributed by atoms with Gasteiger partial charge in [-0.05, 0) is 62.8 Å². The number of benzene rings is 2. The summed E-state index contributed by atoms with van der Waals surface area (Å²) < 4.78 is 33.0. The van der Waals surface area contributed by atoms with E-state index in [0.29, 0.717) is 41.3 Å². The van der Waals surface area contributed by atoms with E-state index < -0.39 is 7.12 Å². The molecule has 0 aliphatic carbocycles. The van der Waals surface area contributed by atoms with Gasteiger partial charge in [-0.25, -0.2) is 4.39 Å². The zero-order chi connectivity index (χ0) is 28.1. The minimum Gasteiger partial charge on any atom is -0.440 e. The van der Waals surface area contributed by atoms with E-state index in [1.807, 2.05) is 32.9 Å². The highest BCUT2D eigenvalue weighted by Crippen LogP contribution is 2.36. The minimum absolute atomic E-state index is 0.00806. The molecule has 2 aliphatic heterocycles. The minimum atomic E-state index is -0.585. The number of rotatable bonds is 5. The highest BCUT2D eigenvalue weighted by atomic mass is 19.1. The van der Waals surface area contributed by atoms with Crippen molar-refractivity contribution in [2.24, 2.45) is 10.8 Å². The first kappa shape index (κ1) is 27.7. The molecule has 39 heavy (non-hydrogen) atoms. The lowest BCUT2D eigenvalue weighted by Gasteiger charge is -2.37. The maximum Gasteiger partial charge on any atom is 0.496 e. The molecule has 1 atom stereocenters. The summed E-state index contributed by atoms with van der Waals surface area (Å²) in [6, 6.07) is 8.25. The summed E-state index contributed by atoms with van der Waals surface area (Å²) in [6.45, 7) is 17.4. The molecule has 3 heterocycles. The SMILES string of the molecule is Cc1cc([C@@H](C)Nc2cc(F)ccc2B2OCC(C)(C)CO2)c2oc(N3CCC(C)(C)CC3)c(C)c(=O)c2c1. The van der Waals surface area contributed by atoms with Gasteiger partial charge in [-0.2, -0.15) is 0 Å². The second kappa shape index (κ2) is 10.3. The molecule has 208 valence electrons. The summed E-state index contributed by atoms with van der Waals surface area (Å²) in [5.74, 6) is 0.300. The Morgan fingerprint density at radius 1 is 1.00 bits per heavy atom. The van der Waals surface area contributed by atoms with Gasteiger partial charge >= 0.3 is 7.12 Å². The predicted octanol–water partition coefficient (Wildman–Crippen LogP) is 6.12. The lowest BCUT2D eigenvalue weighted by atomic mass is 9.74. The van der Waals surface area contributed by atoms with Gasteiger partial charge in [-0.15, -0.1) is 0 Å². The van der Waals surface area contributed by atoms with Crippen LogP contribution in [0.4, 0.5) is 16.0 Å². The fourth-order valence-corrected chi connectivity index (χ4v) is 5.54. The lowest BCUT2D eigenvalue weighted by molar-refractivity contribution is 0.0343. The molecular weight excluding hydrogens is 494 g/mol. The van der Waals surface area contributed by atoms with Crippen molar-refractivity contribution in [2.45, 2.75) is 67.3 Å². The van der Waals surface area contributed by atoms with Gasteiger partial charge in [0.25, 0.3) is 0 Å². The van der Waals surface area contributed by atoms with Gasteiger partial charge in [0.15, 0.2) is 5.43 Å². The summed E-state index contributed by atoms with van der Waals surface area (Å²) >= 11 is 0. The average Bonchev–Trinajstić information content (AvgIpc) is 2.87. The Morgan fingerprint density at radius 3 is 2.33 bits per heavy atom. The van der Waals surface area contributed by atoms with Crippen LogP contribution in [0.2, 0.25) is 0 Å². The molecule has 2 aliphatic rings. The third-order valence-electron chi connectivity index (χ3n) is 8.13. The molecule has 0 saturated carbocycles. The third kappa shape index (κ3) is 5.73. The Balaban J connectivity index is 1.52. The van der Waals surface area contributed by atoms with E-state index in [4.69, 9.17) is 13.7 Å².